The lowest BCUT2D eigenvalue weighted by Crippen LogP contribution is -2.08. The van der Waals surface area contributed by atoms with Crippen LogP contribution in [0.1, 0.15) is 35.6 Å². The average Bonchev–Trinajstić information content (AvgIpc) is 2.83. The van der Waals surface area contributed by atoms with Gasteiger partial charge < -0.3 is 0 Å². The van der Waals surface area contributed by atoms with E-state index in [4.69, 9.17) is 0 Å². The van der Waals surface area contributed by atoms with E-state index >= 15 is 4.39 Å². The van der Waals surface area contributed by atoms with Crippen molar-refractivity contribution in [3.63, 3.8) is 0 Å². The van der Waals surface area contributed by atoms with Crippen LogP contribution in [0.5, 0.6) is 0 Å². The highest BCUT2D eigenvalue weighted by Gasteiger charge is 2.33. The maximum atomic E-state index is 15.2. The lowest BCUT2D eigenvalue weighted by atomic mass is 9.98. The summed E-state index contributed by atoms with van der Waals surface area (Å²) in [6, 6.07) is 15.7. The molecule has 4 aromatic rings. The first kappa shape index (κ1) is 24.6. The fourth-order valence-electron chi connectivity index (χ4n) is 4.07. The highest BCUT2D eigenvalue weighted by molar-refractivity contribution is 5.88. The molecule has 0 N–H and O–H groups in total. The van der Waals surface area contributed by atoms with E-state index in [0.717, 1.165) is 47.2 Å². The molecule has 0 atom stereocenters. The number of benzene rings is 3. The Morgan fingerprint density at radius 2 is 1.63 bits per heavy atom. The lowest BCUT2D eigenvalue weighted by molar-refractivity contribution is -0.140. The van der Waals surface area contributed by atoms with Crippen molar-refractivity contribution < 1.29 is 22.0 Å². The van der Waals surface area contributed by atoms with Crippen LogP contribution in [0, 0.1) is 11.6 Å². The Balaban J connectivity index is 1.50. The summed E-state index contributed by atoms with van der Waals surface area (Å²) in [7, 11) is 0. The number of halogens is 5. The predicted molar refractivity (Wildman–Crippen MR) is 129 cm³/mol. The van der Waals surface area contributed by atoms with Crippen LogP contribution in [0.15, 0.2) is 79.0 Å². The van der Waals surface area contributed by atoms with E-state index in [0.29, 0.717) is 16.5 Å². The fraction of sp³-hybridized carbons (Fsp3) is 0.207. The van der Waals surface area contributed by atoms with Crippen molar-refractivity contribution in [2.24, 2.45) is 0 Å². The summed E-state index contributed by atoms with van der Waals surface area (Å²) in [4.78, 5) is 4.55. The highest BCUT2D eigenvalue weighted by atomic mass is 19.4. The van der Waals surface area contributed by atoms with Gasteiger partial charge in [-0.05, 0) is 78.9 Å². The first-order valence-corrected chi connectivity index (χ1v) is 11.4. The van der Waals surface area contributed by atoms with Gasteiger partial charge in [0.05, 0.1) is 11.3 Å². The second-order valence-corrected chi connectivity index (χ2v) is 8.45. The third-order valence-corrected chi connectivity index (χ3v) is 6.01. The first-order chi connectivity index (χ1) is 16.8. The number of allylic oxidation sites excluding steroid dienone is 2. The lowest BCUT2D eigenvalue weighted by Gasteiger charge is -2.11. The number of rotatable bonds is 7. The van der Waals surface area contributed by atoms with Gasteiger partial charge in [-0.25, -0.2) is 8.78 Å². The normalized spacial score (nSPS) is 12.1. The Labute approximate surface area is 201 Å². The molecule has 1 nitrogen and oxygen atoms in total. The molecule has 180 valence electrons. The topological polar surface area (TPSA) is 12.9 Å². The number of aromatic nitrogens is 1. The maximum Gasteiger partial charge on any atom is 0.419 e. The van der Waals surface area contributed by atoms with Gasteiger partial charge in [0.2, 0.25) is 0 Å². The van der Waals surface area contributed by atoms with Gasteiger partial charge in [0.15, 0.2) is 0 Å². The van der Waals surface area contributed by atoms with Crippen LogP contribution in [-0.4, -0.2) is 4.98 Å². The SMILES string of the molecule is C/C=C/CCc1ccc(-c2ccc3c(F)c(CCc4ccc(C(F)(F)F)c(F)c4)ccc3c2)nc1. The van der Waals surface area contributed by atoms with Gasteiger partial charge in [0.1, 0.15) is 11.6 Å². The second kappa shape index (κ2) is 10.4. The van der Waals surface area contributed by atoms with E-state index in [1.54, 1.807) is 12.1 Å². The molecule has 0 aliphatic rings. The summed E-state index contributed by atoms with van der Waals surface area (Å²) in [6.07, 6.45) is 3.60. The Kier molecular flexibility index (Phi) is 7.29. The number of alkyl halides is 3. The molecule has 0 bridgehead atoms. The minimum atomic E-state index is -4.74. The Hall–Kier alpha value is -3.54. The second-order valence-electron chi connectivity index (χ2n) is 8.45. The smallest absolute Gasteiger partial charge is 0.256 e. The van der Waals surface area contributed by atoms with Gasteiger partial charge in [0, 0.05) is 17.1 Å². The summed E-state index contributed by atoms with van der Waals surface area (Å²) in [6.45, 7) is 1.99. The molecule has 35 heavy (non-hydrogen) atoms. The molecule has 1 aromatic heterocycles. The van der Waals surface area contributed by atoms with Crippen LogP contribution in [-0.2, 0) is 25.4 Å². The van der Waals surface area contributed by atoms with Crippen molar-refractivity contribution in [3.05, 3.63) is 113 Å². The first-order valence-electron chi connectivity index (χ1n) is 11.4. The summed E-state index contributed by atoms with van der Waals surface area (Å²) in [5.41, 5.74) is 2.34. The van der Waals surface area contributed by atoms with Gasteiger partial charge >= 0.3 is 6.18 Å². The Morgan fingerprint density at radius 3 is 2.31 bits per heavy atom. The van der Waals surface area contributed by atoms with Gasteiger partial charge in [0.25, 0.3) is 0 Å². The molecule has 6 heteroatoms. The molecule has 0 spiro atoms. The largest absolute Gasteiger partial charge is 0.419 e. The molecule has 3 aromatic carbocycles. The van der Waals surface area contributed by atoms with Crippen molar-refractivity contribution in [1.29, 1.82) is 0 Å². The number of pyridine rings is 1. The average molecular weight is 482 g/mol. The molecule has 0 unspecified atom stereocenters. The van der Waals surface area contributed by atoms with E-state index in [1.165, 1.54) is 6.07 Å². The van der Waals surface area contributed by atoms with Gasteiger partial charge in [-0.3, -0.25) is 4.98 Å². The fourth-order valence-corrected chi connectivity index (χ4v) is 4.07. The molecule has 4 rings (SSSR count). The molecular weight excluding hydrogens is 457 g/mol. The van der Waals surface area contributed by atoms with Gasteiger partial charge in [-0.1, -0.05) is 48.6 Å². The van der Waals surface area contributed by atoms with E-state index in [-0.39, 0.29) is 18.7 Å². The highest BCUT2D eigenvalue weighted by Crippen LogP contribution is 2.32. The zero-order chi connectivity index (χ0) is 25.0. The molecule has 0 saturated heterocycles. The van der Waals surface area contributed by atoms with E-state index in [1.807, 2.05) is 49.5 Å². The molecule has 0 fully saturated rings. The minimum absolute atomic E-state index is 0.222. The van der Waals surface area contributed by atoms with Crippen LogP contribution in [0.2, 0.25) is 0 Å². The monoisotopic (exact) mass is 481 g/mol. The predicted octanol–water partition coefficient (Wildman–Crippen LogP) is 8.49. The minimum Gasteiger partial charge on any atom is -0.256 e. The van der Waals surface area contributed by atoms with Gasteiger partial charge in [-0.15, -0.1) is 0 Å². The number of aryl methyl sites for hydroxylation is 3. The van der Waals surface area contributed by atoms with Gasteiger partial charge in [-0.2, -0.15) is 13.2 Å². The number of hydrogen-bond acceptors (Lipinski definition) is 1. The third-order valence-electron chi connectivity index (χ3n) is 6.01. The van der Waals surface area contributed by atoms with Crippen LogP contribution in [0.25, 0.3) is 22.0 Å². The summed E-state index contributed by atoms with van der Waals surface area (Å²) < 4.78 is 67.2. The molecule has 0 amide bonds. The maximum absolute atomic E-state index is 15.2. The summed E-state index contributed by atoms with van der Waals surface area (Å²) in [5.74, 6) is -1.70. The van der Waals surface area contributed by atoms with Crippen molar-refractivity contribution in [2.45, 2.75) is 38.8 Å². The van der Waals surface area contributed by atoms with Crippen LogP contribution in [0.3, 0.4) is 0 Å². The van der Waals surface area contributed by atoms with Crippen molar-refractivity contribution >= 4 is 10.8 Å². The summed E-state index contributed by atoms with van der Waals surface area (Å²) in [5, 5.41) is 1.18. The quantitative estimate of drug-likeness (QED) is 0.191. The van der Waals surface area contributed by atoms with E-state index < -0.39 is 17.6 Å². The zero-order valence-electron chi connectivity index (χ0n) is 19.2. The van der Waals surface area contributed by atoms with Crippen LogP contribution >= 0.6 is 0 Å². The molecule has 0 aliphatic carbocycles. The molecule has 0 saturated carbocycles. The van der Waals surface area contributed by atoms with Crippen molar-refractivity contribution in [1.82, 2.24) is 4.98 Å². The number of fused-ring (bicyclic) bond motifs is 1. The van der Waals surface area contributed by atoms with Crippen molar-refractivity contribution in [3.8, 4) is 11.3 Å². The van der Waals surface area contributed by atoms with E-state index in [2.05, 4.69) is 11.1 Å². The van der Waals surface area contributed by atoms with Crippen molar-refractivity contribution in [2.75, 3.05) is 0 Å². The molecule has 0 radical (unpaired) electrons. The standard InChI is InChI=1S/C29H24F5N/c1-2-3-4-5-20-8-15-27(35-18-20)23-12-13-24-22(17-23)11-10-21(28(24)31)9-6-19-7-14-25(26(30)16-19)29(32,33)34/h2-3,7-8,10-18H,4-6,9H2,1H3/b3-2+. The third kappa shape index (κ3) is 5.76. The summed E-state index contributed by atoms with van der Waals surface area (Å²) >= 11 is 0. The molecule has 1 heterocycles. The van der Waals surface area contributed by atoms with Crippen LogP contribution in [0.4, 0.5) is 22.0 Å². The Morgan fingerprint density at radius 1 is 0.829 bits per heavy atom. The number of hydrogen-bond donors (Lipinski definition) is 0. The molecular formula is C29H24F5N. The number of nitrogens with zero attached hydrogens (tertiary/aromatic N) is 1. The van der Waals surface area contributed by atoms with Crippen LogP contribution < -0.4 is 0 Å². The van der Waals surface area contributed by atoms with E-state index in [9.17, 15) is 17.6 Å². The zero-order valence-corrected chi connectivity index (χ0v) is 19.2. The Bertz CT molecular complexity index is 1350. The molecule has 0 aliphatic heterocycles.